The van der Waals surface area contributed by atoms with Crippen molar-refractivity contribution in [3.05, 3.63) is 71.0 Å². The molecule has 0 aliphatic rings. The topological polar surface area (TPSA) is 50.1 Å². The first-order valence-electron chi connectivity index (χ1n) is 6.20. The Morgan fingerprint density at radius 3 is 2.57 bits per heavy atom. The molecule has 0 saturated carbocycles. The Morgan fingerprint density at radius 2 is 1.95 bits per heavy atom. The minimum absolute atomic E-state index is 0.169. The number of carbonyl (C=O) groups is 1. The second kappa shape index (κ2) is 6.49. The highest BCUT2D eigenvalue weighted by atomic mass is 19.1. The molecule has 0 saturated heterocycles. The van der Waals surface area contributed by atoms with Crippen molar-refractivity contribution >= 4 is 11.9 Å². The van der Waals surface area contributed by atoms with Gasteiger partial charge in [-0.1, -0.05) is 18.2 Å². The zero-order chi connectivity index (χ0) is 15.2. The highest BCUT2D eigenvalue weighted by Crippen LogP contribution is 2.20. The van der Waals surface area contributed by atoms with Gasteiger partial charge in [-0.25, -0.2) is 4.39 Å². The van der Waals surface area contributed by atoms with Crippen molar-refractivity contribution in [2.24, 2.45) is 0 Å². The number of ether oxygens (including phenoxy) is 1. The lowest BCUT2D eigenvalue weighted by atomic mass is 10.1. The van der Waals surface area contributed by atoms with E-state index in [9.17, 15) is 9.18 Å². The van der Waals surface area contributed by atoms with Crippen molar-refractivity contribution in [2.45, 2.75) is 0 Å². The molecule has 0 radical (unpaired) electrons. The van der Waals surface area contributed by atoms with Gasteiger partial charge in [0.05, 0.1) is 24.3 Å². The van der Waals surface area contributed by atoms with E-state index in [1.807, 2.05) is 6.07 Å². The van der Waals surface area contributed by atoms with Gasteiger partial charge in [-0.3, -0.25) is 4.79 Å². The Labute approximate surface area is 121 Å². The van der Waals surface area contributed by atoms with Gasteiger partial charge in [0.15, 0.2) is 5.78 Å². The Bertz CT molecular complexity index is 727. The van der Waals surface area contributed by atoms with Gasteiger partial charge in [-0.05, 0) is 42.0 Å². The molecule has 0 heterocycles. The van der Waals surface area contributed by atoms with E-state index in [1.165, 1.54) is 25.3 Å². The van der Waals surface area contributed by atoms with Crippen LogP contribution in [-0.2, 0) is 0 Å². The van der Waals surface area contributed by atoms with Crippen LogP contribution in [0.2, 0.25) is 0 Å². The lowest BCUT2D eigenvalue weighted by Crippen LogP contribution is -1.99. The number of nitrogens with zero attached hydrogens (tertiary/aromatic N) is 1. The predicted molar refractivity (Wildman–Crippen MR) is 77.5 cm³/mol. The molecule has 0 N–H and O–H groups in total. The molecule has 0 bridgehead atoms. The third-order valence-electron chi connectivity index (χ3n) is 2.89. The molecule has 0 aromatic heterocycles. The molecule has 3 nitrogen and oxygen atoms in total. The third kappa shape index (κ3) is 3.54. The fourth-order valence-corrected chi connectivity index (χ4v) is 1.80. The van der Waals surface area contributed by atoms with Crippen molar-refractivity contribution in [3.8, 4) is 11.8 Å². The quantitative estimate of drug-likeness (QED) is 0.635. The van der Waals surface area contributed by atoms with Crippen LogP contribution in [0.3, 0.4) is 0 Å². The summed E-state index contributed by atoms with van der Waals surface area (Å²) >= 11 is 0. The maximum absolute atomic E-state index is 13.2. The van der Waals surface area contributed by atoms with E-state index in [4.69, 9.17) is 10.00 Å². The normalized spacial score (nSPS) is 10.3. The van der Waals surface area contributed by atoms with Gasteiger partial charge in [0.2, 0.25) is 0 Å². The summed E-state index contributed by atoms with van der Waals surface area (Å²) in [6.07, 6.45) is 2.95. The Balaban J connectivity index is 2.22. The van der Waals surface area contributed by atoms with Gasteiger partial charge in [-0.2, -0.15) is 5.26 Å². The largest absolute Gasteiger partial charge is 0.496 e. The number of methoxy groups -OCH3 is 1. The Kier molecular flexibility index (Phi) is 4.47. The molecule has 4 heteroatoms. The van der Waals surface area contributed by atoms with Crippen molar-refractivity contribution in [2.75, 3.05) is 7.11 Å². The minimum Gasteiger partial charge on any atom is -0.496 e. The Hall–Kier alpha value is -2.93. The van der Waals surface area contributed by atoms with Crippen molar-refractivity contribution in [1.82, 2.24) is 0 Å². The summed E-state index contributed by atoms with van der Waals surface area (Å²) in [7, 11) is 1.42. The molecule has 0 amide bonds. The predicted octanol–water partition coefficient (Wildman–Crippen LogP) is 3.60. The first kappa shape index (κ1) is 14.5. The minimum atomic E-state index is -0.495. The fraction of sp³-hybridized carbons (Fsp3) is 0.0588. The maximum atomic E-state index is 13.2. The second-order valence-corrected chi connectivity index (χ2v) is 4.28. The number of carbonyl (C=O) groups excluding carboxylic acids is 1. The number of hydrogen-bond acceptors (Lipinski definition) is 3. The van der Waals surface area contributed by atoms with Crippen LogP contribution < -0.4 is 4.74 Å². The van der Waals surface area contributed by atoms with E-state index in [0.717, 1.165) is 11.6 Å². The molecule has 0 fully saturated rings. The Morgan fingerprint density at radius 1 is 1.24 bits per heavy atom. The van der Waals surface area contributed by atoms with E-state index in [0.29, 0.717) is 11.3 Å². The van der Waals surface area contributed by atoms with Crippen LogP contribution in [-0.4, -0.2) is 12.9 Å². The summed E-state index contributed by atoms with van der Waals surface area (Å²) in [5.41, 5.74) is 1.49. The number of halogens is 1. The molecular weight excluding hydrogens is 269 g/mol. The maximum Gasteiger partial charge on any atom is 0.189 e. The van der Waals surface area contributed by atoms with E-state index in [-0.39, 0.29) is 11.3 Å². The van der Waals surface area contributed by atoms with Crippen LogP contribution in [0.1, 0.15) is 21.5 Å². The van der Waals surface area contributed by atoms with E-state index >= 15 is 0 Å². The molecule has 0 atom stereocenters. The van der Waals surface area contributed by atoms with Crippen LogP contribution in [0.25, 0.3) is 6.08 Å². The van der Waals surface area contributed by atoms with Crippen LogP contribution in [0.4, 0.5) is 4.39 Å². The number of hydrogen-bond donors (Lipinski definition) is 0. The lowest BCUT2D eigenvalue weighted by Gasteiger charge is -2.05. The molecule has 0 spiro atoms. The zero-order valence-electron chi connectivity index (χ0n) is 11.3. The lowest BCUT2D eigenvalue weighted by molar-refractivity contribution is 0.104. The summed E-state index contributed by atoms with van der Waals surface area (Å²) in [4.78, 5) is 12.1. The van der Waals surface area contributed by atoms with Crippen LogP contribution in [0, 0.1) is 17.1 Å². The van der Waals surface area contributed by atoms with Crippen LogP contribution in [0.15, 0.2) is 48.5 Å². The van der Waals surface area contributed by atoms with E-state index < -0.39 is 5.82 Å². The monoisotopic (exact) mass is 281 g/mol. The number of ketones is 1. The third-order valence-corrected chi connectivity index (χ3v) is 2.89. The SMILES string of the molecule is COc1ccc(F)cc1C(=O)/C=C/c1ccc(C#N)cc1. The summed E-state index contributed by atoms with van der Waals surface area (Å²) in [5, 5.41) is 8.71. The van der Waals surface area contributed by atoms with Gasteiger partial charge in [-0.15, -0.1) is 0 Å². The molecule has 0 aliphatic carbocycles. The summed E-state index contributed by atoms with van der Waals surface area (Å²) in [6, 6.07) is 12.6. The average molecular weight is 281 g/mol. The number of nitriles is 1. The average Bonchev–Trinajstić information content (AvgIpc) is 2.53. The first-order valence-corrected chi connectivity index (χ1v) is 6.20. The first-order chi connectivity index (χ1) is 10.1. The fourth-order valence-electron chi connectivity index (χ4n) is 1.80. The van der Waals surface area contributed by atoms with Gasteiger partial charge in [0.25, 0.3) is 0 Å². The molecular formula is C17H12FNO2. The molecule has 2 aromatic carbocycles. The molecule has 2 aromatic rings. The second-order valence-electron chi connectivity index (χ2n) is 4.28. The highest BCUT2D eigenvalue weighted by Gasteiger charge is 2.10. The van der Waals surface area contributed by atoms with Gasteiger partial charge in [0.1, 0.15) is 11.6 Å². The molecule has 0 unspecified atom stereocenters. The van der Waals surface area contributed by atoms with Crippen LogP contribution in [0.5, 0.6) is 5.75 Å². The standard InChI is InChI=1S/C17H12FNO2/c1-21-17-9-7-14(18)10-15(17)16(20)8-6-12-2-4-13(11-19)5-3-12/h2-10H,1H3/b8-6+. The van der Waals surface area contributed by atoms with Crippen molar-refractivity contribution in [1.29, 1.82) is 5.26 Å². The van der Waals surface area contributed by atoms with E-state index in [1.54, 1.807) is 30.3 Å². The zero-order valence-corrected chi connectivity index (χ0v) is 11.3. The molecule has 2 rings (SSSR count). The number of allylic oxidation sites excluding steroid dienone is 1. The van der Waals surface area contributed by atoms with E-state index in [2.05, 4.69) is 0 Å². The van der Waals surface area contributed by atoms with Crippen LogP contribution >= 0.6 is 0 Å². The van der Waals surface area contributed by atoms with Gasteiger partial charge >= 0.3 is 0 Å². The van der Waals surface area contributed by atoms with Gasteiger partial charge < -0.3 is 4.74 Å². The summed E-state index contributed by atoms with van der Waals surface area (Å²) in [6.45, 7) is 0. The molecule has 21 heavy (non-hydrogen) atoms. The summed E-state index contributed by atoms with van der Waals surface area (Å²) in [5.74, 6) is -0.521. The molecule has 104 valence electrons. The van der Waals surface area contributed by atoms with Gasteiger partial charge in [0, 0.05) is 0 Å². The van der Waals surface area contributed by atoms with Crippen molar-refractivity contribution in [3.63, 3.8) is 0 Å². The van der Waals surface area contributed by atoms with Crippen molar-refractivity contribution < 1.29 is 13.9 Å². The number of rotatable bonds is 4. The number of benzene rings is 2. The summed E-state index contributed by atoms with van der Waals surface area (Å²) < 4.78 is 18.3. The molecule has 0 aliphatic heterocycles. The highest BCUT2D eigenvalue weighted by molar-refractivity contribution is 6.08. The smallest absolute Gasteiger partial charge is 0.189 e.